The Bertz CT molecular complexity index is 558. The molecule has 1 aromatic carbocycles. The Hall–Kier alpha value is -1.95. The summed E-state index contributed by atoms with van der Waals surface area (Å²) in [6.45, 7) is 0. The summed E-state index contributed by atoms with van der Waals surface area (Å²) in [4.78, 5) is 19.0. The van der Waals surface area contributed by atoms with E-state index in [2.05, 4.69) is 30.6 Å². The van der Waals surface area contributed by atoms with Gasteiger partial charge in [0.1, 0.15) is 5.75 Å². The summed E-state index contributed by atoms with van der Waals surface area (Å²) in [7, 11) is 1.29. The SMILES string of the molecule is COC(=O)c1cnc(Oc2cccc(Br)c2)cn1. The molecular formula is C12H9BrN2O3. The lowest BCUT2D eigenvalue weighted by Gasteiger charge is -2.04. The molecule has 0 bridgehead atoms. The zero-order valence-corrected chi connectivity index (χ0v) is 11.0. The van der Waals surface area contributed by atoms with Crippen LogP contribution in [0, 0.1) is 0 Å². The summed E-state index contributed by atoms with van der Waals surface area (Å²) in [6.07, 6.45) is 2.67. The van der Waals surface area contributed by atoms with Gasteiger partial charge in [-0.05, 0) is 18.2 Å². The molecule has 0 aliphatic heterocycles. The molecule has 0 aliphatic rings. The van der Waals surface area contributed by atoms with Gasteiger partial charge in [0.15, 0.2) is 5.69 Å². The third-order valence-electron chi connectivity index (χ3n) is 2.04. The molecule has 0 spiro atoms. The summed E-state index contributed by atoms with van der Waals surface area (Å²) >= 11 is 3.34. The molecule has 0 aliphatic carbocycles. The summed E-state index contributed by atoms with van der Waals surface area (Å²) in [5, 5.41) is 0. The number of carbonyl (C=O) groups excluding carboxylic acids is 1. The standard InChI is InChI=1S/C12H9BrN2O3/c1-17-12(16)10-6-15-11(7-14-10)18-9-4-2-3-8(13)5-9/h2-7H,1H3. The number of hydrogen-bond acceptors (Lipinski definition) is 5. The highest BCUT2D eigenvalue weighted by Crippen LogP contribution is 2.22. The van der Waals surface area contributed by atoms with E-state index in [0.29, 0.717) is 11.6 Å². The van der Waals surface area contributed by atoms with E-state index < -0.39 is 5.97 Å². The van der Waals surface area contributed by atoms with Crippen LogP contribution in [0.4, 0.5) is 0 Å². The monoisotopic (exact) mass is 308 g/mol. The summed E-state index contributed by atoms with van der Waals surface area (Å²) < 4.78 is 10.9. The van der Waals surface area contributed by atoms with Gasteiger partial charge >= 0.3 is 5.97 Å². The Morgan fingerprint density at radius 2 is 2.11 bits per heavy atom. The van der Waals surface area contributed by atoms with E-state index in [0.717, 1.165) is 4.47 Å². The summed E-state index contributed by atoms with van der Waals surface area (Å²) in [5.74, 6) is 0.404. The highest BCUT2D eigenvalue weighted by molar-refractivity contribution is 9.10. The lowest BCUT2D eigenvalue weighted by Crippen LogP contribution is -2.04. The highest BCUT2D eigenvalue weighted by atomic mass is 79.9. The van der Waals surface area contributed by atoms with Crippen molar-refractivity contribution in [2.75, 3.05) is 7.11 Å². The zero-order chi connectivity index (χ0) is 13.0. The first-order valence-corrected chi connectivity index (χ1v) is 5.82. The molecule has 0 N–H and O–H groups in total. The van der Waals surface area contributed by atoms with Crippen LogP contribution in [0.2, 0.25) is 0 Å². The third-order valence-corrected chi connectivity index (χ3v) is 2.53. The first kappa shape index (κ1) is 12.5. The molecule has 6 heteroatoms. The number of esters is 1. The summed E-state index contributed by atoms with van der Waals surface area (Å²) in [6, 6.07) is 7.32. The molecule has 0 saturated heterocycles. The fourth-order valence-electron chi connectivity index (χ4n) is 1.23. The van der Waals surface area contributed by atoms with Crippen LogP contribution in [0.1, 0.15) is 10.5 Å². The molecule has 2 aromatic rings. The van der Waals surface area contributed by atoms with E-state index in [4.69, 9.17) is 4.74 Å². The van der Waals surface area contributed by atoms with Crippen LogP contribution in [-0.2, 0) is 4.74 Å². The van der Waals surface area contributed by atoms with Crippen molar-refractivity contribution in [1.82, 2.24) is 9.97 Å². The Morgan fingerprint density at radius 3 is 2.72 bits per heavy atom. The molecule has 0 fully saturated rings. The van der Waals surface area contributed by atoms with Crippen LogP contribution in [0.25, 0.3) is 0 Å². The van der Waals surface area contributed by atoms with Gasteiger partial charge in [-0.2, -0.15) is 0 Å². The number of methoxy groups -OCH3 is 1. The fourth-order valence-corrected chi connectivity index (χ4v) is 1.61. The number of hydrogen-bond donors (Lipinski definition) is 0. The molecule has 0 saturated carbocycles. The Morgan fingerprint density at radius 1 is 1.28 bits per heavy atom. The van der Waals surface area contributed by atoms with Gasteiger partial charge in [-0.1, -0.05) is 22.0 Å². The highest BCUT2D eigenvalue weighted by Gasteiger charge is 2.08. The first-order chi connectivity index (χ1) is 8.69. The molecule has 92 valence electrons. The topological polar surface area (TPSA) is 61.3 Å². The van der Waals surface area contributed by atoms with Gasteiger partial charge in [0, 0.05) is 4.47 Å². The molecular weight excluding hydrogens is 300 g/mol. The number of ether oxygens (including phenoxy) is 2. The second-order valence-electron chi connectivity index (χ2n) is 3.29. The maximum atomic E-state index is 11.2. The lowest BCUT2D eigenvalue weighted by atomic mass is 10.3. The maximum Gasteiger partial charge on any atom is 0.358 e. The molecule has 2 rings (SSSR count). The second-order valence-corrected chi connectivity index (χ2v) is 4.21. The lowest BCUT2D eigenvalue weighted by molar-refractivity contribution is 0.0593. The molecule has 1 aromatic heterocycles. The molecule has 0 radical (unpaired) electrons. The molecule has 1 heterocycles. The van der Waals surface area contributed by atoms with Gasteiger partial charge in [-0.25, -0.2) is 14.8 Å². The van der Waals surface area contributed by atoms with Gasteiger partial charge in [0.05, 0.1) is 19.5 Å². The van der Waals surface area contributed by atoms with Crippen LogP contribution in [-0.4, -0.2) is 23.0 Å². The quantitative estimate of drug-likeness (QED) is 0.816. The van der Waals surface area contributed by atoms with Gasteiger partial charge in [-0.3, -0.25) is 0 Å². The van der Waals surface area contributed by atoms with Crippen LogP contribution < -0.4 is 4.74 Å². The van der Waals surface area contributed by atoms with Crippen molar-refractivity contribution < 1.29 is 14.3 Å². The number of carbonyl (C=O) groups is 1. The minimum atomic E-state index is -0.531. The molecule has 0 atom stereocenters. The van der Waals surface area contributed by atoms with Crippen LogP contribution >= 0.6 is 15.9 Å². The molecule has 18 heavy (non-hydrogen) atoms. The van der Waals surface area contributed by atoms with E-state index in [1.165, 1.54) is 19.5 Å². The molecule has 0 unspecified atom stereocenters. The Labute approximate surface area is 112 Å². The minimum absolute atomic E-state index is 0.138. The van der Waals surface area contributed by atoms with Crippen molar-refractivity contribution in [2.45, 2.75) is 0 Å². The first-order valence-electron chi connectivity index (χ1n) is 5.03. The zero-order valence-electron chi connectivity index (χ0n) is 9.46. The smallest absolute Gasteiger partial charge is 0.358 e. The van der Waals surface area contributed by atoms with E-state index in [9.17, 15) is 4.79 Å². The van der Waals surface area contributed by atoms with Gasteiger partial charge in [0.2, 0.25) is 5.88 Å². The van der Waals surface area contributed by atoms with E-state index in [1.807, 2.05) is 12.1 Å². The maximum absolute atomic E-state index is 11.2. The van der Waals surface area contributed by atoms with Crippen molar-refractivity contribution in [2.24, 2.45) is 0 Å². The van der Waals surface area contributed by atoms with Crippen LogP contribution in [0.3, 0.4) is 0 Å². The van der Waals surface area contributed by atoms with Crippen molar-refractivity contribution in [3.8, 4) is 11.6 Å². The fraction of sp³-hybridized carbons (Fsp3) is 0.0833. The number of aromatic nitrogens is 2. The van der Waals surface area contributed by atoms with E-state index in [-0.39, 0.29) is 5.69 Å². The predicted molar refractivity (Wildman–Crippen MR) is 67.6 cm³/mol. The summed E-state index contributed by atoms with van der Waals surface area (Å²) in [5.41, 5.74) is 0.138. The van der Waals surface area contributed by atoms with Gasteiger partial charge < -0.3 is 9.47 Å². The second kappa shape index (κ2) is 5.59. The molecule has 0 amide bonds. The van der Waals surface area contributed by atoms with E-state index >= 15 is 0 Å². The number of halogens is 1. The normalized spacial score (nSPS) is 9.89. The van der Waals surface area contributed by atoms with Crippen molar-refractivity contribution in [3.63, 3.8) is 0 Å². The van der Waals surface area contributed by atoms with Gasteiger partial charge in [-0.15, -0.1) is 0 Å². The number of benzene rings is 1. The van der Waals surface area contributed by atoms with E-state index in [1.54, 1.807) is 12.1 Å². The largest absolute Gasteiger partial charge is 0.464 e. The van der Waals surface area contributed by atoms with Crippen molar-refractivity contribution in [3.05, 3.63) is 46.8 Å². The third kappa shape index (κ3) is 3.04. The van der Waals surface area contributed by atoms with Crippen molar-refractivity contribution >= 4 is 21.9 Å². The van der Waals surface area contributed by atoms with Crippen LogP contribution in [0.5, 0.6) is 11.6 Å². The number of rotatable bonds is 3. The predicted octanol–water partition coefficient (Wildman–Crippen LogP) is 2.82. The Kier molecular flexibility index (Phi) is 3.88. The van der Waals surface area contributed by atoms with Crippen LogP contribution in [0.15, 0.2) is 41.1 Å². The number of nitrogens with zero attached hydrogens (tertiary/aromatic N) is 2. The molecule has 5 nitrogen and oxygen atoms in total. The minimum Gasteiger partial charge on any atom is -0.464 e. The average molecular weight is 309 g/mol. The van der Waals surface area contributed by atoms with Gasteiger partial charge in [0.25, 0.3) is 0 Å². The van der Waals surface area contributed by atoms with Crippen molar-refractivity contribution in [1.29, 1.82) is 0 Å². The average Bonchev–Trinajstić information content (AvgIpc) is 2.39. The Balaban J connectivity index is 2.13.